The van der Waals surface area contributed by atoms with E-state index in [1.165, 1.54) is 5.56 Å². The number of aromatic nitrogens is 1. The summed E-state index contributed by atoms with van der Waals surface area (Å²) in [5.74, 6) is 1.30. The number of hydrogen-bond donors (Lipinski definition) is 1. The Morgan fingerprint density at radius 1 is 0.919 bits per heavy atom. The largest absolute Gasteiger partial charge is 0.482 e. The van der Waals surface area contributed by atoms with Crippen molar-refractivity contribution in [2.24, 2.45) is 0 Å². The number of fused-ring (bicyclic) bond motifs is 1. The van der Waals surface area contributed by atoms with Crippen LogP contribution in [0.4, 0.5) is 0 Å². The van der Waals surface area contributed by atoms with E-state index in [2.05, 4.69) is 35.2 Å². The van der Waals surface area contributed by atoms with Gasteiger partial charge in [-0.1, -0.05) is 72.8 Å². The minimum Gasteiger partial charge on any atom is -0.482 e. The summed E-state index contributed by atoms with van der Waals surface area (Å²) in [4.78, 5) is 18.7. The maximum absolute atomic E-state index is 11.1. The summed E-state index contributed by atoms with van der Waals surface area (Å²) in [6.07, 6.45) is 5.04. The normalized spacial score (nSPS) is 19.5. The van der Waals surface area contributed by atoms with Crippen molar-refractivity contribution < 1.29 is 19.1 Å². The Hall–Kier alpha value is -3.90. The third-order valence-electron chi connectivity index (χ3n) is 7.49. The quantitative estimate of drug-likeness (QED) is 0.309. The van der Waals surface area contributed by atoms with Gasteiger partial charge in [0.2, 0.25) is 5.89 Å². The summed E-state index contributed by atoms with van der Waals surface area (Å²) in [5, 5.41) is 9.10. The molecule has 1 aliphatic heterocycles. The van der Waals surface area contributed by atoms with Gasteiger partial charge in [0.1, 0.15) is 11.4 Å². The number of likely N-dealkylation sites (tertiary alicyclic amines) is 1. The molecule has 6 rings (SSSR count). The highest BCUT2D eigenvalue weighted by Gasteiger charge is 2.38. The van der Waals surface area contributed by atoms with Crippen molar-refractivity contribution >= 4 is 5.97 Å². The number of hydrogen-bond acceptors (Lipinski definition) is 5. The van der Waals surface area contributed by atoms with E-state index in [1.807, 2.05) is 48.5 Å². The molecule has 2 atom stereocenters. The molecule has 37 heavy (non-hydrogen) atoms. The average molecular weight is 495 g/mol. The predicted octanol–water partition coefficient (Wildman–Crippen LogP) is 6.69. The molecule has 6 nitrogen and oxygen atoms in total. The Morgan fingerprint density at radius 2 is 1.65 bits per heavy atom. The van der Waals surface area contributed by atoms with Gasteiger partial charge in [0.25, 0.3) is 0 Å². The minimum atomic E-state index is -0.961. The Labute approximate surface area is 216 Å². The number of carboxylic acid groups (broad SMARTS) is 1. The number of carbonyl (C=O) groups is 1. The van der Waals surface area contributed by atoms with Crippen LogP contribution in [0.5, 0.6) is 5.75 Å². The summed E-state index contributed by atoms with van der Waals surface area (Å²) in [5.41, 5.74) is 5.31. The second-order valence-electron chi connectivity index (χ2n) is 9.77. The van der Waals surface area contributed by atoms with Crippen molar-refractivity contribution in [1.29, 1.82) is 0 Å². The Balaban J connectivity index is 1.36. The van der Waals surface area contributed by atoms with Crippen LogP contribution in [0.15, 0.2) is 83.3 Å². The third kappa shape index (κ3) is 4.65. The standard InChI is InChI=1S/C31H30N2O4/c34-28(35)20-36-27-18-8-14-23-24(27)15-7-16-25(23)33-19-9-17-26(33)31-32-29(21-10-3-1-4-11-21)30(37-31)22-12-5-2-6-13-22/h1-6,8,10-14,18,25-26H,7,9,15-17,19-20H2,(H,34,35)/t25-,26+/m1/s1. The fourth-order valence-corrected chi connectivity index (χ4v) is 5.89. The van der Waals surface area contributed by atoms with E-state index in [0.29, 0.717) is 5.75 Å². The van der Waals surface area contributed by atoms with E-state index in [1.54, 1.807) is 0 Å². The van der Waals surface area contributed by atoms with E-state index in [9.17, 15) is 4.79 Å². The van der Waals surface area contributed by atoms with Gasteiger partial charge in [-0.05, 0) is 55.8 Å². The van der Waals surface area contributed by atoms with Crippen LogP contribution >= 0.6 is 0 Å². The molecule has 1 aliphatic carbocycles. The zero-order valence-electron chi connectivity index (χ0n) is 20.7. The molecule has 1 N–H and O–H groups in total. The first kappa shape index (κ1) is 23.5. The number of benzene rings is 3. The Bertz CT molecular complexity index is 1330. The van der Waals surface area contributed by atoms with Gasteiger partial charge in [-0.15, -0.1) is 0 Å². The molecule has 2 aliphatic rings. The van der Waals surface area contributed by atoms with Crippen LogP contribution in [-0.4, -0.2) is 34.1 Å². The van der Waals surface area contributed by atoms with Gasteiger partial charge in [-0.2, -0.15) is 0 Å². The lowest BCUT2D eigenvalue weighted by Crippen LogP contribution is -2.31. The topological polar surface area (TPSA) is 75.8 Å². The molecule has 3 aromatic carbocycles. The highest BCUT2D eigenvalue weighted by molar-refractivity contribution is 5.76. The van der Waals surface area contributed by atoms with Crippen molar-refractivity contribution in [3.8, 4) is 28.3 Å². The minimum absolute atomic E-state index is 0.0828. The van der Waals surface area contributed by atoms with Crippen LogP contribution in [0.1, 0.15) is 54.8 Å². The van der Waals surface area contributed by atoms with Gasteiger partial charge in [0.15, 0.2) is 12.4 Å². The van der Waals surface area contributed by atoms with Crippen molar-refractivity contribution in [2.75, 3.05) is 13.2 Å². The van der Waals surface area contributed by atoms with Crippen LogP contribution < -0.4 is 4.74 Å². The smallest absolute Gasteiger partial charge is 0.341 e. The number of rotatable bonds is 7. The van der Waals surface area contributed by atoms with Crippen LogP contribution in [-0.2, 0) is 11.2 Å². The number of oxazole rings is 1. The molecule has 0 saturated carbocycles. The maximum atomic E-state index is 11.1. The zero-order valence-corrected chi connectivity index (χ0v) is 20.7. The SMILES string of the molecule is O=C(O)COc1cccc2c1CCC[C@H]2N1CCC[C@H]1c1nc(-c2ccccc2)c(-c2ccccc2)o1. The first-order chi connectivity index (χ1) is 18.2. The molecule has 4 aromatic rings. The molecular weight excluding hydrogens is 464 g/mol. The highest BCUT2D eigenvalue weighted by atomic mass is 16.5. The van der Waals surface area contributed by atoms with Gasteiger partial charge >= 0.3 is 5.97 Å². The van der Waals surface area contributed by atoms with Crippen molar-refractivity contribution in [3.05, 3.63) is 95.9 Å². The maximum Gasteiger partial charge on any atom is 0.341 e. The van der Waals surface area contributed by atoms with Crippen LogP contribution in [0.25, 0.3) is 22.6 Å². The summed E-state index contributed by atoms with van der Waals surface area (Å²) >= 11 is 0. The van der Waals surface area contributed by atoms with Gasteiger partial charge in [-0.25, -0.2) is 9.78 Å². The molecule has 0 bridgehead atoms. The lowest BCUT2D eigenvalue weighted by molar-refractivity contribution is -0.139. The summed E-state index contributed by atoms with van der Waals surface area (Å²) < 4.78 is 12.3. The molecule has 0 radical (unpaired) electrons. The number of carboxylic acids is 1. The van der Waals surface area contributed by atoms with Crippen molar-refractivity contribution in [1.82, 2.24) is 9.88 Å². The molecule has 0 amide bonds. The van der Waals surface area contributed by atoms with Gasteiger partial charge in [-0.3, -0.25) is 4.90 Å². The lowest BCUT2D eigenvalue weighted by atomic mass is 9.86. The van der Waals surface area contributed by atoms with Crippen LogP contribution in [0.3, 0.4) is 0 Å². The molecule has 0 spiro atoms. The molecule has 188 valence electrons. The summed E-state index contributed by atoms with van der Waals surface area (Å²) in [6.45, 7) is 0.646. The summed E-state index contributed by atoms with van der Waals surface area (Å²) in [6, 6.07) is 26.8. The van der Waals surface area contributed by atoms with Crippen molar-refractivity contribution in [3.63, 3.8) is 0 Å². The molecule has 1 aromatic heterocycles. The fraction of sp³-hybridized carbons (Fsp3) is 0.290. The van der Waals surface area contributed by atoms with Crippen LogP contribution in [0, 0.1) is 0 Å². The molecular formula is C31H30N2O4. The monoisotopic (exact) mass is 494 g/mol. The van der Waals surface area contributed by atoms with E-state index in [-0.39, 0.29) is 18.7 Å². The Morgan fingerprint density at radius 3 is 2.41 bits per heavy atom. The number of nitrogens with zero attached hydrogens (tertiary/aromatic N) is 2. The molecule has 0 unspecified atom stereocenters. The second kappa shape index (κ2) is 10.2. The number of aliphatic carboxylic acids is 1. The zero-order chi connectivity index (χ0) is 25.2. The second-order valence-corrected chi connectivity index (χ2v) is 9.77. The first-order valence-electron chi connectivity index (χ1n) is 13.0. The van der Waals surface area contributed by atoms with E-state index in [0.717, 1.165) is 72.7 Å². The molecule has 1 fully saturated rings. The van der Waals surface area contributed by atoms with Gasteiger partial charge in [0, 0.05) is 17.2 Å². The van der Waals surface area contributed by atoms with Gasteiger partial charge < -0.3 is 14.3 Å². The lowest BCUT2D eigenvalue weighted by Gasteiger charge is -2.36. The van der Waals surface area contributed by atoms with E-state index >= 15 is 0 Å². The molecule has 6 heteroatoms. The molecule has 1 saturated heterocycles. The van der Waals surface area contributed by atoms with Gasteiger partial charge in [0.05, 0.1) is 6.04 Å². The highest BCUT2D eigenvalue weighted by Crippen LogP contribution is 2.46. The van der Waals surface area contributed by atoms with Crippen LogP contribution in [0.2, 0.25) is 0 Å². The van der Waals surface area contributed by atoms with E-state index < -0.39 is 5.97 Å². The average Bonchev–Trinajstić information content (AvgIpc) is 3.60. The van der Waals surface area contributed by atoms with E-state index in [4.69, 9.17) is 19.2 Å². The molecule has 2 heterocycles. The number of ether oxygens (including phenoxy) is 1. The summed E-state index contributed by atoms with van der Waals surface area (Å²) in [7, 11) is 0. The third-order valence-corrected chi connectivity index (χ3v) is 7.49. The first-order valence-corrected chi connectivity index (χ1v) is 13.0. The predicted molar refractivity (Wildman–Crippen MR) is 141 cm³/mol. The fourth-order valence-electron chi connectivity index (χ4n) is 5.89. The van der Waals surface area contributed by atoms with Crippen molar-refractivity contribution in [2.45, 2.75) is 44.2 Å². The Kier molecular flexibility index (Phi) is 6.49.